The standard InChI is InChI=1S/C15H17O2/c16-9-3-10-17-11-8-13-6-7-14-4-1-2-5-15(14)12-13/h1-2,4-7,12H,3,8-11H2. The Bertz CT molecular complexity index is 465. The third-order valence-corrected chi connectivity index (χ3v) is 2.78. The summed E-state index contributed by atoms with van der Waals surface area (Å²) in [5.74, 6) is 0. The topological polar surface area (TPSA) is 29.1 Å². The molecule has 0 saturated heterocycles. The molecule has 0 fully saturated rings. The molecule has 0 saturated carbocycles. The van der Waals surface area contributed by atoms with Gasteiger partial charge in [0.2, 0.25) is 0 Å². The molecule has 0 spiro atoms. The lowest BCUT2D eigenvalue weighted by Crippen LogP contribution is -2.01. The summed E-state index contributed by atoms with van der Waals surface area (Å²) in [6.45, 7) is 1.23. The van der Waals surface area contributed by atoms with Crippen molar-refractivity contribution in [3.8, 4) is 0 Å². The molecule has 0 amide bonds. The number of ether oxygens (including phenoxy) is 1. The van der Waals surface area contributed by atoms with Crippen molar-refractivity contribution >= 4 is 10.8 Å². The fourth-order valence-electron chi connectivity index (χ4n) is 1.85. The maximum atomic E-state index is 10.2. The molecule has 2 rings (SSSR count). The van der Waals surface area contributed by atoms with E-state index in [0.717, 1.165) is 6.42 Å². The third-order valence-electron chi connectivity index (χ3n) is 2.78. The summed E-state index contributed by atoms with van der Waals surface area (Å²) >= 11 is 0. The molecule has 0 N–H and O–H groups in total. The maximum absolute atomic E-state index is 10.2. The molecule has 0 bridgehead atoms. The van der Waals surface area contributed by atoms with Gasteiger partial charge in [-0.15, -0.1) is 0 Å². The highest BCUT2D eigenvalue weighted by Crippen LogP contribution is 2.15. The van der Waals surface area contributed by atoms with E-state index in [1.54, 1.807) is 0 Å². The Kier molecular flexibility index (Phi) is 4.54. The lowest BCUT2D eigenvalue weighted by atomic mass is 10.1. The average molecular weight is 229 g/mol. The number of benzene rings is 2. The van der Waals surface area contributed by atoms with Crippen molar-refractivity contribution in [2.45, 2.75) is 12.8 Å². The minimum absolute atomic E-state index is 0.0457. The summed E-state index contributed by atoms with van der Waals surface area (Å²) in [6, 6.07) is 14.8. The molecule has 1 radical (unpaired) electrons. The lowest BCUT2D eigenvalue weighted by Gasteiger charge is -2.05. The van der Waals surface area contributed by atoms with Gasteiger partial charge in [0.15, 0.2) is 0 Å². The van der Waals surface area contributed by atoms with Crippen LogP contribution in [0.4, 0.5) is 0 Å². The Labute approximate surface area is 102 Å². The molecule has 2 aromatic carbocycles. The van der Waals surface area contributed by atoms with Crippen LogP contribution < -0.4 is 0 Å². The highest BCUT2D eigenvalue weighted by Gasteiger charge is 1.96. The highest BCUT2D eigenvalue weighted by atomic mass is 16.5. The van der Waals surface area contributed by atoms with Crippen molar-refractivity contribution < 1.29 is 9.84 Å². The molecule has 89 valence electrons. The smallest absolute Gasteiger partial charge is 0.0844 e. The average Bonchev–Trinajstić information content (AvgIpc) is 2.38. The van der Waals surface area contributed by atoms with Crippen LogP contribution in [0, 0.1) is 0 Å². The van der Waals surface area contributed by atoms with Crippen molar-refractivity contribution in [2.75, 3.05) is 19.8 Å². The SMILES string of the molecule is [O]CCCOCCc1ccc2ccccc2c1. The van der Waals surface area contributed by atoms with E-state index in [2.05, 4.69) is 36.4 Å². The van der Waals surface area contributed by atoms with E-state index in [9.17, 15) is 5.11 Å². The van der Waals surface area contributed by atoms with Crippen LogP contribution >= 0.6 is 0 Å². The van der Waals surface area contributed by atoms with Gasteiger partial charge in [0.1, 0.15) is 0 Å². The summed E-state index contributed by atoms with van der Waals surface area (Å²) in [5, 5.41) is 12.8. The van der Waals surface area contributed by atoms with Crippen LogP contribution in [0.15, 0.2) is 42.5 Å². The lowest BCUT2D eigenvalue weighted by molar-refractivity contribution is 0.101. The summed E-state index contributed by atoms with van der Waals surface area (Å²) in [4.78, 5) is 0. The van der Waals surface area contributed by atoms with E-state index in [-0.39, 0.29) is 6.61 Å². The van der Waals surface area contributed by atoms with E-state index in [1.807, 2.05) is 6.07 Å². The zero-order valence-corrected chi connectivity index (χ0v) is 9.89. The first-order valence-electron chi connectivity index (χ1n) is 6.03. The van der Waals surface area contributed by atoms with Gasteiger partial charge in [-0.05, 0) is 29.2 Å². The molecule has 0 heterocycles. The normalized spacial score (nSPS) is 10.9. The minimum atomic E-state index is -0.0457. The fourth-order valence-corrected chi connectivity index (χ4v) is 1.85. The monoisotopic (exact) mass is 229 g/mol. The summed E-state index contributed by atoms with van der Waals surface area (Å²) in [5.41, 5.74) is 1.28. The van der Waals surface area contributed by atoms with Gasteiger partial charge >= 0.3 is 0 Å². The molecule has 2 heteroatoms. The molecular formula is C15H17O2. The first kappa shape index (κ1) is 12.1. The van der Waals surface area contributed by atoms with Crippen molar-refractivity contribution in [1.82, 2.24) is 0 Å². The molecule has 17 heavy (non-hydrogen) atoms. The van der Waals surface area contributed by atoms with E-state index in [1.165, 1.54) is 16.3 Å². The number of fused-ring (bicyclic) bond motifs is 1. The van der Waals surface area contributed by atoms with Gasteiger partial charge < -0.3 is 4.74 Å². The van der Waals surface area contributed by atoms with Crippen LogP contribution in [-0.2, 0) is 16.3 Å². The molecule has 0 aliphatic rings. The number of hydrogen-bond acceptors (Lipinski definition) is 1. The van der Waals surface area contributed by atoms with E-state index in [0.29, 0.717) is 19.6 Å². The first-order chi connectivity index (χ1) is 8.40. The van der Waals surface area contributed by atoms with Gasteiger partial charge in [-0.25, -0.2) is 5.11 Å². The fraction of sp³-hybridized carbons (Fsp3) is 0.333. The number of rotatable bonds is 6. The van der Waals surface area contributed by atoms with Crippen LogP contribution in [0.25, 0.3) is 10.8 Å². The minimum Gasteiger partial charge on any atom is -0.381 e. The molecule has 0 unspecified atom stereocenters. The second-order valence-corrected chi connectivity index (χ2v) is 4.10. The molecule has 2 aromatic rings. The quantitative estimate of drug-likeness (QED) is 0.699. The van der Waals surface area contributed by atoms with Crippen molar-refractivity contribution in [1.29, 1.82) is 0 Å². The largest absolute Gasteiger partial charge is 0.381 e. The van der Waals surface area contributed by atoms with Crippen LogP contribution in [-0.4, -0.2) is 19.8 Å². The predicted molar refractivity (Wildman–Crippen MR) is 68.6 cm³/mol. The van der Waals surface area contributed by atoms with Gasteiger partial charge in [-0.1, -0.05) is 42.5 Å². The van der Waals surface area contributed by atoms with Crippen LogP contribution in [0.2, 0.25) is 0 Å². The zero-order chi connectivity index (χ0) is 11.9. The molecular weight excluding hydrogens is 212 g/mol. The maximum Gasteiger partial charge on any atom is 0.0844 e. The predicted octanol–water partition coefficient (Wildman–Crippen LogP) is 3.22. The van der Waals surface area contributed by atoms with E-state index >= 15 is 0 Å². The molecule has 0 aliphatic carbocycles. The molecule has 2 nitrogen and oxygen atoms in total. The Hall–Kier alpha value is -1.38. The second-order valence-electron chi connectivity index (χ2n) is 4.10. The second kappa shape index (κ2) is 6.38. The van der Waals surface area contributed by atoms with E-state index < -0.39 is 0 Å². The van der Waals surface area contributed by atoms with Gasteiger partial charge in [0.05, 0.1) is 13.2 Å². The van der Waals surface area contributed by atoms with Crippen LogP contribution in [0.5, 0.6) is 0 Å². The Balaban J connectivity index is 1.90. The molecule has 0 aromatic heterocycles. The Morgan fingerprint density at radius 3 is 2.59 bits per heavy atom. The van der Waals surface area contributed by atoms with Crippen molar-refractivity contribution in [3.63, 3.8) is 0 Å². The van der Waals surface area contributed by atoms with E-state index in [4.69, 9.17) is 4.74 Å². The summed E-state index contributed by atoms with van der Waals surface area (Å²) in [7, 11) is 0. The zero-order valence-electron chi connectivity index (χ0n) is 9.89. The van der Waals surface area contributed by atoms with Gasteiger partial charge in [-0.3, -0.25) is 0 Å². The van der Waals surface area contributed by atoms with Crippen molar-refractivity contribution in [3.05, 3.63) is 48.0 Å². The molecule has 0 atom stereocenters. The highest BCUT2D eigenvalue weighted by molar-refractivity contribution is 5.82. The third kappa shape index (κ3) is 3.55. The van der Waals surface area contributed by atoms with Gasteiger partial charge in [0, 0.05) is 6.61 Å². The summed E-state index contributed by atoms with van der Waals surface area (Å²) < 4.78 is 5.39. The van der Waals surface area contributed by atoms with Crippen molar-refractivity contribution in [2.24, 2.45) is 0 Å². The van der Waals surface area contributed by atoms with Gasteiger partial charge in [0.25, 0.3) is 0 Å². The summed E-state index contributed by atoms with van der Waals surface area (Å²) in [6.07, 6.45) is 1.52. The van der Waals surface area contributed by atoms with Gasteiger partial charge in [-0.2, -0.15) is 0 Å². The Morgan fingerprint density at radius 2 is 1.76 bits per heavy atom. The first-order valence-corrected chi connectivity index (χ1v) is 6.03. The molecule has 0 aliphatic heterocycles. The van der Waals surface area contributed by atoms with Crippen LogP contribution in [0.1, 0.15) is 12.0 Å². The van der Waals surface area contributed by atoms with Crippen LogP contribution in [0.3, 0.4) is 0 Å². The number of hydrogen-bond donors (Lipinski definition) is 0. The Morgan fingerprint density at radius 1 is 0.941 bits per heavy atom.